The van der Waals surface area contributed by atoms with E-state index in [-0.39, 0.29) is 22.6 Å². The summed E-state index contributed by atoms with van der Waals surface area (Å²) < 4.78 is 0. The molecule has 0 aromatic carbocycles. The normalized spacial score (nSPS) is 42.0. The summed E-state index contributed by atoms with van der Waals surface area (Å²) in [7, 11) is -1.68. The minimum atomic E-state index is -1.68. The standard InChI is InChI=1S/C30H43N3O2Si/c1-36(2,3)24-10-25(32-27(34)29-12-18-4-19(13-29)6-20(5-18)14-29)31-26(11-24)33-28(35)30-15-21-7-22(16-30)9-23(8-21)17-30/h10-11,18-23H,4-9,12-17H2,1-3H3,(H2,31,32,33,34,35). The Bertz CT molecular complexity index is 959. The maximum atomic E-state index is 13.8. The second-order valence-electron chi connectivity index (χ2n) is 15.2. The summed E-state index contributed by atoms with van der Waals surface area (Å²) in [4.78, 5) is 32.4. The number of pyridine rings is 1. The molecule has 0 radical (unpaired) electrons. The van der Waals surface area contributed by atoms with Crippen molar-refractivity contribution in [2.45, 2.75) is 96.7 Å². The topological polar surface area (TPSA) is 71.1 Å². The molecule has 8 bridgehead atoms. The molecule has 1 aromatic rings. The average Bonchev–Trinajstić information content (AvgIpc) is 2.76. The van der Waals surface area contributed by atoms with E-state index in [4.69, 9.17) is 4.98 Å². The van der Waals surface area contributed by atoms with E-state index in [0.29, 0.717) is 11.6 Å². The van der Waals surface area contributed by atoms with E-state index in [1.165, 1.54) is 43.7 Å². The third-order valence-electron chi connectivity index (χ3n) is 11.2. The highest BCUT2D eigenvalue weighted by molar-refractivity contribution is 6.88. The molecule has 194 valence electrons. The van der Waals surface area contributed by atoms with Crippen molar-refractivity contribution in [1.82, 2.24) is 4.98 Å². The van der Waals surface area contributed by atoms with Gasteiger partial charge in [0.1, 0.15) is 11.6 Å². The van der Waals surface area contributed by atoms with E-state index < -0.39 is 8.07 Å². The van der Waals surface area contributed by atoms with Crippen LogP contribution in [0.2, 0.25) is 19.6 Å². The lowest BCUT2D eigenvalue weighted by Gasteiger charge is -2.55. The third-order valence-corrected chi connectivity index (χ3v) is 13.2. The Hall–Kier alpha value is -1.69. The highest BCUT2D eigenvalue weighted by Crippen LogP contribution is 2.61. The molecule has 5 nitrogen and oxygen atoms in total. The molecular weight excluding hydrogens is 462 g/mol. The van der Waals surface area contributed by atoms with E-state index in [2.05, 4.69) is 42.4 Å². The summed E-state index contributed by atoms with van der Waals surface area (Å²) in [6.45, 7) is 6.95. The smallest absolute Gasteiger partial charge is 0.231 e. The molecule has 1 heterocycles. The lowest BCUT2D eigenvalue weighted by Crippen LogP contribution is -2.52. The van der Waals surface area contributed by atoms with Crippen molar-refractivity contribution in [2.75, 3.05) is 10.6 Å². The fourth-order valence-electron chi connectivity index (χ4n) is 10.4. The predicted molar refractivity (Wildman–Crippen MR) is 146 cm³/mol. The van der Waals surface area contributed by atoms with Crippen molar-refractivity contribution < 1.29 is 9.59 Å². The number of amides is 2. The first-order valence-corrected chi connectivity index (χ1v) is 18.2. The molecule has 6 heteroatoms. The van der Waals surface area contributed by atoms with Gasteiger partial charge >= 0.3 is 0 Å². The Labute approximate surface area is 217 Å². The van der Waals surface area contributed by atoms with E-state index in [1.807, 2.05) is 0 Å². The van der Waals surface area contributed by atoms with Gasteiger partial charge in [-0.2, -0.15) is 0 Å². The Balaban J connectivity index is 1.14. The number of carbonyl (C=O) groups excluding carboxylic acids is 2. The van der Waals surface area contributed by atoms with Gasteiger partial charge in [-0.05, 0) is 125 Å². The zero-order valence-electron chi connectivity index (χ0n) is 22.4. The second kappa shape index (κ2) is 7.91. The number of carbonyl (C=O) groups is 2. The van der Waals surface area contributed by atoms with Gasteiger partial charge in [-0.1, -0.05) is 24.8 Å². The molecule has 1 aromatic heterocycles. The Morgan fingerprint density at radius 2 is 0.972 bits per heavy atom. The molecular formula is C30H43N3O2Si. The van der Waals surface area contributed by atoms with Crippen LogP contribution in [-0.4, -0.2) is 24.9 Å². The highest BCUT2D eigenvalue weighted by Gasteiger charge is 2.56. The van der Waals surface area contributed by atoms with Gasteiger partial charge in [0.2, 0.25) is 11.8 Å². The van der Waals surface area contributed by atoms with E-state index in [0.717, 1.165) is 74.0 Å². The van der Waals surface area contributed by atoms with E-state index >= 15 is 0 Å². The molecule has 8 aliphatic rings. The van der Waals surface area contributed by atoms with Crippen LogP contribution in [0.1, 0.15) is 77.0 Å². The van der Waals surface area contributed by atoms with E-state index in [9.17, 15) is 9.59 Å². The average molecular weight is 506 g/mol. The zero-order chi connectivity index (χ0) is 24.9. The minimum Gasteiger partial charge on any atom is -0.310 e. The monoisotopic (exact) mass is 505 g/mol. The predicted octanol–water partition coefficient (Wildman–Crippen LogP) is 5.94. The second-order valence-corrected chi connectivity index (χ2v) is 20.3. The molecule has 8 aliphatic carbocycles. The van der Waals surface area contributed by atoms with Gasteiger partial charge in [0, 0.05) is 0 Å². The summed E-state index contributed by atoms with van der Waals surface area (Å²) in [6.07, 6.45) is 14.3. The van der Waals surface area contributed by atoms with Gasteiger partial charge in [0.15, 0.2) is 0 Å². The molecule has 9 rings (SSSR count). The molecule has 0 atom stereocenters. The van der Waals surface area contributed by atoms with Gasteiger partial charge < -0.3 is 10.6 Å². The minimum absolute atomic E-state index is 0.181. The number of nitrogens with one attached hydrogen (secondary N) is 2. The van der Waals surface area contributed by atoms with Crippen LogP contribution in [0.25, 0.3) is 0 Å². The van der Waals surface area contributed by atoms with Crippen molar-refractivity contribution in [1.29, 1.82) is 0 Å². The van der Waals surface area contributed by atoms with Gasteiger partial charge in [-0.3, -0.25) is 9.59 Å². The Kier molecular flexibility index (Phi) is 5.15. The molecule has 36 heavy (non-hydrogen) atoms. The van der Waals surface area contributed by atoms with Crippen LogP contribution in [0, 0.1) is 46.3 Å². The maximum absolute atomic E-state index is 13.8. The summed E-state index contributed by atoms with van der Waals surface area (Å²) in [5.74, 6) is 6.04. The van der Waals surface area contributed by atoms with Gasteiger partial charge in [0.05, 0.1) is 18.9 Å². The SMILES string of the molecule is C[Si](C)(C)c1cc(NC(=O)C23CC4CC(CC(C4)C2)C3)nc(NC(=O)C23CC4CC(CC(C4)C2)C3)c1. The molecule has 0 spiro atoms. The molecule has 8 saturated carbocycles. The van der Waals surface area contributed by atoms with Crippen LogP contribution in [0.15, 0.2) is 12.1 Å². The first-order chi connectivity index (χ1) is 17.1. The molecule has 8 fully saturated rings. The van der Waals surface area contributed by atoms with Crippen molar-refractivity contribution in [3.05, 3.63) is 12.1 Å². The summed E-state index contributed by atoms with van der Waals surface area (Å²) in [5, 5.41) is 7.80. The summed E-state index contributed by atoms with van der Waals surface area (Å²) in [6, 6.07) is 4.18. The van der Waals surface area contributed by atoms with Crippen LogP contribution >= 0.6 is 0 Å². The third kappa shape index (κ3) is 3.88. The quantitative estimate of drug-likeness (QED) is 0.487. The Morgan fingerprint density at radius 3 is 1.25 bits per heavy atom. The lowest BCUT2D eigenvalue weighted by molar-refractivity contribution is -0.140. The van der Waals surface area contributed by atoms with Crippen molar-refractivity contribution in [3.63, 3.8) is 0 Å². The molecule has 0 saturated heterocycles. The molecule has 2 amide bonds. The Morgan fingerprint density at radius 1 is 0.667 bits per heavy atom. The van der Waals surface area contributed by atoms with Crippen LogP contribution in [-0.2, 0) is 9.59 Å². The molecule has 0 unspecified atom stereocenters. The maximum Gasteiger partial charge on any atom is 0.231 e. The molecule has 2 N–H and O–H groups in total. The van der Waals surface area contributed by atoms with Crippen LogP contribution in [0.4, 0.5) is 11.6 Å². The van der Waals surface area contributed by atoms with Crippen molar-refractivity contribution in [2.24, 2.45) is 46.3 Å². The van der Waals surface area contributed by atoms with Gasteiger partial charge in [-0.15, -0.1) is 0 Å². The first-order valence-electron chi connectivity index (χ1n) is 14.7. The first kappa shape index (κ1) is 23.4. The van der Waals surface area contributed by atoms with Crippen molar-refractivity contribution in [3.8, 4) is 0 Å². The highest BCUT2D eigenvalue weighted by atomic mass is 28.3. The fourth-order valence-corrected chi connectivity index (χ4v) is 11.5. The van der Waals surface area contributed by atoms with Crippen LogP contribution < -0.4 is 15.8 Å². The number of hydrogen-bond donors (Lipinski definition) is 2. The van der Waals surface area contributed by atoms with Gasteiger partial charge in [0.25, 0.3) is 0 Å². The van der Waals surface area contributed by atoms with Crippen LogP contribution in [0.3, 0.4) is 0 Å². The number of nitrogens with zero attached hydrogens (tertiary/aromatic N) is 1. The number of hydrogen-bond acceptors (Lipinski definition) is 3. The summed E-state index contributed by atoms with van der Waals surface area (Å²) in [5.41, 5.74) is -0.400. The number of rotatable bonds is 5. The number of anilines is 2. The molecule has 0 aliphatic heterocycles. The van der Waals surface area contributed by atoms with Crippen LogP contribution in [0.5, 0.6) is 0 Å². The fraction of sp³-hybridized carbons (Fsp3) is 0.767. The lowest BCUT2D eigenvalue weighted by atomic mass is 9.49. The van der Waals surface area contributed by atoms with Crippen molar-refractivity contribution >= 4 is 36.7 Å². The number of aromatic nitrogens is 1. The van der Waals surface area contributed by atoms with Gasteiger partial charge in [-0.25, -0.2) is 4.98 Å². The van der Waals surface area contributed by atoms with E-state index in [1.54, 1.807) is 0 Å². The zero-order valence-corrected chi connectivity index (χ0v) is 23.4. The largest absolute Gasteiger partial charge is 0.310 e. The summed E-state index contributed by atoms with van der Waals surface area (Å²) >= 11 is 0.